The molecule has 0 atom stereocenters. The maximum Gasteiger partial charge on any atom is 0.227 e. The van der Waals surface area contributed by atoms with Crippen LogP contribution in [0.15, 0.2) is 78.3 Å². The monoisotopic (exact) mass is 465 g/mol. The number of fused-ring (bicyclic) bond motifs is 2. The molecule has 170 valence electrons. The summed E-state index contributed by atoms with van der Waals surface area (Å²) in [6, 6.07) is 23.7. The number of piperazine rings is 1. The van der Waals surface area contributed by atoms with Crippen molar-refractivity contribution in [1.82, 2.24) is 14.9 Å². The molecule has 6 heteroatoms. The number of nitrogens with one attached hydrogen (secondary N) is 1. The Labute approximate surface area is 203 Å². The van der Waals surface area contributed by atoms with Crippen molar-refractivity contribution in [2.75, 3.05) is 42.9 Å². The lowest BCUT2D eigenvalue weighted by molar-refractivity contribution is 0.271. The smallest absolute Gasteiger partial charge is 0.227 e. The molecule has 3 aromatic carbocycles. The van der Waals surface area contributed by atoms with Crippen LogP contribution in [0, 0.1) is 0 Å². The first kappa shape index (κ1) is 21.1. The lowest BCUT2D eigenvalue weighted by atomic mass is 10.0. The van der Waals surface area contributed by atoms with Gasteiger partial charge in [-0.05, 0) is 53.2 Å². The molecule has 0 spiro atoms. The van der Waals surface area contributed by atoms with Crippen molar-refractivity contribution in [3.05, 3.63) is 78.3 Å². The molecule has 0 radical (unpaired) electrons. The Hall–Kier alpha value is -3.48. The number of benzene rings is 3. The number of aromatic nitrogens is 2. The van der Waals surface area contributed by atoms with E-state index < -0.39 is 0 Å². The van der Waals surface area contributed by atoms with Crippen molar-refractivity contribution < 1.29 is 0 Å². The number of likely N-dealkylation sites (N-methyl/N-ethyl adjacent to an activating group) is 1. The first-order valence-corrected chi connectivity index (χ1v) is 12.7. The summed E-state index contributed by atoms with van der Waals surface area (Å²) in [4.78, 5) is 14.4. The van der Waals surface area contributed by atoms with Crippen LogP contribution in [0.2, 0.25) is 0 Å². The predicted octanol–water partition coefficient (Wildman–Crippen LogP) is 6.40. The average Bonchev–Trinajstić information content (AvgIpc) is 3.32. The zero-order chi connectivity index (χ0) is 22.9. The van der Waals surface area contributed by atoms with E-state index in [2.05, 4.69) is 99.1 Å². The topological polar surface area (TPSA) is 44.3 Å². The van der Waals surface area contributed by atoms with Gasteiger partial charge in [-0.3, -0.25) is 0 Å². The van der Waals surface area contributed by atoms with Gasteiger partial charge >= 0.3 is 0 Å². The molecule has 0 bridgehead atoms. The van der Waals surface area contributed by atoms with Crippen molar-refractivity contribution in [2.24, 2.45) is 0 Å². The quantitative estimate of drug-likeness (QED) is 0.325. The minimum atomic E-state index is 0.622. The molecule has 5 nitrogen and oxygen atoms in total. The summed E-state index contributed by atoms with van der Waals surface area (Å²) in [6.45, 7) is 7.78. The lowest BCUT2D eigenvalue weighted by Crippen LogP contribution is -2.46. The van der Waals surface area contributed by atoms with Gasteiger partial charge in [0, 0.05) is 48.5 Å². The van der Waals surface area contributed by atoms with Crippen LogP contribution in [0.1, 0.15) is 6.92 Å². The van der Waals surface area contributed by atoms with E-state index in [4.69, 9.17) is 4.98 Å². The van der Waals surface area contributed by atoms with Crippen molar-refractivity contribution in [2.45, 2.75) is 6.92 Å². The first-order valence-electron chi connectivity index (χ1n) is 11.8. The van der Waals surface area contributed by atoms with E-state index in [1.165, 1.54) is 22.0 Å². The molecule has 1 saturated heterocycles. The molecule has 0 unspecified atom stereocenters. The molecular weight excluding hydrogens is 438 g/mol. The molecule has 1 N–H and O–H groups in total. The van der Waals surface area contributed by atoms with Crippen LogP contribution in [0.3, 0.4) is 0 Å². The van der Waals surface area contributed by atoms with Crippen molar-refractivity contribution in [3.63, 3.8) is 0 Å². The van der Waals surface area contributed by atoms with Crippen LogP contribution in [0.5, 0.6) is 0 Å². The second kappa shape index (κ2) is 9.05. The highest BCUT2D eigenvalue weighted by molar-refractivity contribution is 7.17. The van der Waals surface area contributed by atoms with Crippen LogP contribution in [0.25, 0.3) is 32.1 Å². The molecule has 6 rings (SSSR count). The molecule has 34 heavy (non-hydrogen) atoms. The molecule has 0 aliphatic carbocycles. The molecule has 1 aliphatic heterocycles. The highest BCUT2D eigenvalue weighted by atomic mass is 32.1. The number of thiophene rings is 1. The number of hydrogen-bond acceptors (Lipinski definition) is 6. The maximum absolute atomic E-state index is 4.89. The maximum atomic E-state index is 4.89. The van der Waals surface area contributed by atoms with Crippen LogP contribution < -0.4 is 10.2 Å². The fraction of sp³-hybridized carbons (Fsp3) is 0.214. The van der Waals surface area contributed by atoms with Crippen LogP contribution in [-0.4, -0.2) is 47.6 Å². The molecule has 0 saturated carbocycles. The SMILES string of the molecule is CCN1CCN(c2ccc(Nc3ncc4scc(-c5ccc6ccccc6c5)c4n3)cc2)CC1. The average molecular weight is 466 g/mol. The third-order valence-corrected chi connectivity index (χ3v) is 7.59. The number of nitrogens with zero attached hydrogens (tertiary/aromatic N) is 4. The Morgan fingerprint density at radius 3 is 2.50 bits per heavy atom. The van der Waals surface area contributed by atoms with Gasteiger partial charge in [0.25, 0.3) is 0 Å². The molecule has 1 fully saturated rings. The summed E-state index contributed by atoms with van der Waals surface area (Å²) < 4.78 is 1.09. The number of anilines is 3. The van der Waals surface area contributed by atoms with Gasteiger partial charge in [-0.1, -0.05) is 43.3 Å². The van der Waals surface area contributed by atoms with Crippen LogP contribution >= 0.6 is 11.3 Å². The molecule has 0 amide bonds. The van der Waals surface area contributed by atoms with Crippen molar-refractivity contribution in [1.29, 1.82) is 0 Å². The van der Waals surface area contributed by atoms with Crippen LogP contribution in [0.4, 0.5) is 17.3 Å². The zero-order valence-corrected chi connectivity index (χ0v) is 20.1. The third-order valence-electron chi connectivity index (χ3n) is 6.68. The molecule has 2 aromatic heterocycles. The van der Waals surface area contributed by atoms with Crippen molar-refractivity contribution >= 4 is 49.6 Å². The normalized spacial score (nSPS) is 14.7. The van der Waals surface area contributed by atoms with Gasteiger partial charge < -0.3 is 15.1 Å². The first-order chi connectivity index (χ1) is 16.8. The molecule has 1 aliphatic rings. The fourth-order valence-corrected chi connectivity index (χ4v) is 5.53. The lowest BCUT2D eigenvalue weighted by Gasteiger charge is -2.35. The summed E-state index contributed by atoms with van der Waals surface area (Å²) in [5.41, 5.74) is 5.59. The van der Waals surface area contributed by atoms with E-state index in [1.807, 2.05) is 6.20 Å². The van der Waals surface area contributed by atoms with Gasteiger partial charge in [0.15, 0.2) is 0 Å². The summed E-state index contributed by atoms with van der Waals surface area (Å²) in [7, 11) is 0. The minimum absolute atomic E-state index is 0.622. The van der Waals surface area contributed by atoms with E-state index in [-0.39, 0.29) is 0 Å². The number of rotatable bonds is 5. The minimum Gasteiger partial charge on any atom is -0.369 e. The van der Waals surface area contributed by atoms with Gasteiger partial charge in [-0.25, -0.2) is 9.97 Å². The van der Waals surface area contributed by atoms with Gasteiger partial charge in [0.2, 0.25) is 5.95 Å². The Morgan fingerprint density at radius 2 is 1.71 bits per heavy atom. The predicted molar refractivity (Wildman–Crippen MR) is 144 cm³/mol. The van der Waals surface area contributed by atoms with E-state index in [9.17, 15) is 0 Å². The second-order valence-corrected chi connectivity index (χ2v) is 9.62. The largest absolute Gasteiger partial charge is 0.369 e. The molecule has 5 aromatic rings. The second-order valence-electron chi connectivity index (χ2n) is 8.71. The Bertz CT molecular complexity index is 1430. The van der Waals surface area contributed by atoms with E-state index in [0.717, 1.165) is 54.2 Å². The summed E-state index contributed by atoms with van der Waals surface area (Å²) in [6.07, 6.45) is 1.92. The van der Waals surface area contributed by atoms with E-state index in [1.54, 1.807) is 11.3 Å². The van der Waals surface area contributed by atoms with Gasteiger partial charge in [-0.15, -0.1) is 11.3 Å². The number of hydrogen-bond donors (Lipinski definition) is 1. The van der Waals surface area contributed by atoms with Gasteiger partial charge in [0.05, 0.1) is 16.4 Å². The highest BCUT2D eigenvalue weighted by Crippen LogP contribution is 2.34. The summed E-state index contributed by atoms with van der Waals surface area (Å²) in [5, 5.41) is 8.06. The van der Waals surface area contributed by atoms with Crippen molar-refractivity contribution in [3.8, 4) is 11.1 Å². The zero-order valence-electron chi connectivity index (χ0n) is 19.2. The van der Waals surface area contributed by atoms with E-state index in [0.29, 0.717) is 5.95 Å². The van der Waals surface area contributed by atoms with E-state index >= 15 is 0 Å². The standard InChI is InChI=1S/C28H27N5S/c1-2-32-13-15-33(16-14-32)24-11-9-23(10-12-24)30-28-29-18-26-27(31-28)25(19-34-26)22-8-7-20-5-3-4-6-21(20)17-22/h3-12,17-19H,2,13-16H2,1H3,(H,29,30,31). The summed E-state index contributed by atoms with van der Waals surface area (Å²) in [5.74, 6) is 0.622. The molecule has 3 heterocycles. The Kier molecular flexibility index (Phi) is 5.61. The Balaban J connectivity index is 1.23. The van der Waals surface area contributed by atoms with Gasteiger partial charge in [0.1, 0.15) is 0 Å². The third kappa shape index (κ3) is 4.11. The Morgan fingerprint density at radius 1 is 0.912 bits per heavy atom. The van der Waals surface area contributed by atoms with Gasteiger partial charge in [-0.2, -0.15) is 0 Å². The highest BCUT2D eigenvalue weighted by Gasteiger charge is 2.16. The molecular formula is C28H27N5S. The summed E-state index contributed by atoms with van der Waals surface area (Å²) >= 11 is 1.69. The fourth-order valence-electron chi connectivity index (χ4n) is 4.66. The van der Waals surface area contributed by atoms with Crippen LogP contribution in [-0.2, 0) is 0 Å².